The number of amides is 1. The summed E-state index contributed by atoms with van der Waals surface area (Å²) in [6.45, 7) is 1.15. The van der Waals surface area contributed by atoms with E-state index in [-0.39, 0.29) is 5.92 Å². The largest absolute Gasteiger partial charge is 0.494 e. The highest BCUT2D eigenvalue weighted by molar-refractivity contribution is 5.88. The van der Waals surface area contributed by atoms with E-state index >= 15 is 0 Å². The molecule has 2 atom stereocenters. The van der Waals surface area contributed by atoms with Crippen LogP contribution in [0.1, 0.15) is 31.2 Å². The lowest BCUT2D eigenvalue weighted by atomic mass is 9.80. The lowest BCUT2D eigenvalue weighted by Crippen LogP contribution is -2.38. The summed E-state index contributed by atoms with van der Waals surface area (Å²) < 4.78 is 10.5. The Morgan fingerprint density at radius 3 is 2.58 bits per heavy atom. The predicted molar refractivity (Wildman–Crippen MR) is 127 cm³/mol. The summed E-state index contributed by atoms with van der Waals surface area (Å²) in [5.41, 5.74) is 8.61. The van der Waals surface area contributed by atoms with Crippen LogP contribution in [0.4, 0.5) is 21.9 Å². The maximum Gasteiger partial charge on any atom is 0.411 e. The summed E-state index contributed by atoms with van der Waals surface area (Å²) in [7, 11) is 4.98. The highest BCUT2D eigenvalue weighted by atomic mass is 16.5. The van der Waals surface area contributed by atoms with Gasteiger partial charge in [0, 0.05) is 26.2 Å². The van der Waals surface area contributed by atoms with E-state index in [0.717, 1.165) is 37.9 Å². The van der Waals surface area contributed by atoms with Crippen molar-refractivity contribution in [2.45, 2.75) is 25.7 Å². The number of nitrogens with two attached hydrogens (primary N) is 1. The first-order chi connectivity index (χ1) is 15.9. The summed E-state index contributed by atoms with van der Waals surface area (Å²) in [6.07, 6.45) is 4.40. The second kappa shape index (κ2) is 10.8. The number of carbonyl (C=O) groups is 1. The molecule has 3 rings (SSSR count). The summed E-state index contributed by atoms with van der Waals surface area (Å²) in [4.78, 5) is 19.7. The number of methoxy groups -OCH3 is 2. The zero-order valence-corrected chi connectivity index (χ0v) is 19.3. The summed E-state index contributed by atoms with van der Waals surface area (Å²) in [5.74, 6) is 1.37. The summed E-state index contributed by atoms with van der Waals surface area (Å²) in [5, 5.41) is 19.1. The van der Waals surface area contributed by atoms with Gasteiger partial charge in [-0.25, -0.2) is 9.78 Å². The van der Waals surface area contributed by atoms with E-state index in [2.05, 4.69) is 16.0 Å². The molecular weight excluding hydrogens is 422 g/mol. The molecule has 176 valence electrons. The third-order valence-corrected chi connectivity index (χ3v) is 6.21. The SMILES string of the molecule is COc1cc(OC)c(N(CC2CCCC(CN(C)c3cc(C#N)ccc3N)C2)C(=O)O)cn1. The molecule has 1 amide bonds. The van der Waals surface area contributed by atoms with Crippen LogP contribution in [-0.4, -0.2) is 50.5 Å². The van der Waals surface area contributed by atoms with Crippen LogP contribution in [0, 0.1) is 23.2 Å². The Hall–Kier alpha value is -3.67. The smallest absolute Gasteiger partial charge is 0.411 e. The van der Waals surface area contributed by atoms with Gasteiger partial charge in [0.15, 0.2) is 0 Å². The van der Waals surface area contributed by atoms with Gasteiger partial charge < -0.3 is 25.2 Å². The van der Waals surface area contributed by atoms with E-state index < -0.39 is 6.09 Å². The fraction of sp³-hybridized carbons (Fsp3) is 0.458. The van der Waals surface area contributed by atoms with Crippen molar-refractivity contribution >= 4 is 23.2 Å². The van der Waals surface area contributed by atoms with Crippen molar-refractivity contribution in [3.8, 4) is 17.7 Å². The average Bonchev–Trinajstić information content (AvgIpc) is 2.82. The fourth-order valence-electron chi connectivity index (χ4n) is 4.59. The van der Waals surface area contributed by atoms with Crippen molar-refractivity contribution in [1.82, 2.24) is 4.98 Å². The third-order valence-electron chi connectivity index (χ3n) is 6.21. The van der Waals surface area contributed by atoms with Gasteiger partial charge in [0.25, 0.3) is 0 Å². The van der Waals surface area contributed by atoms with Crippen LogP contribution in [0.3, 0.4) is 0 Å². The lowest BCUT2D eigenvalue weighted by molar-refractivity contribution is 0.196. The van der Waals surface area contributed by atoms with Crippen molar-refractivity contribution in [1.29, 1.82) is 5.26 Å². The van der Waals surface area contributed by atoms with Crippen LogP contribution in [0.2, 0.25) is 0 Å². The second-order valence-electron chi connectivity index (χ2n) is 8.46. The molecule has 0 saturated heterocycles. The standard InChI is InChI=1S/C24H31N5O4/c1-28(20-10-16(12-25)7-8-19(20)26)14-17-5-4-6-18(9-17)15-29(24(30)31)21-13-27-23(33-3)11-22(21)32-2/h7-8,10-11,13,17-18H,4-6,9,14-15,26H2,1-3H3,(H,30,31). The van der Waals surface area contributed by atoms with Gasteiger partial charge in [-0.3, -0.25) is 4.90 Å². The van der Waals surface area contributed by atoms with Crippen LogP contribution in [0.5, 0.6) is 11.6 Å². The maximum absolute atomic E-state index is 12.1. The highest BCUT2D eigenvalue weighted by Gasteiger charge is 2.29. The predicted octanol–water partition coefficient (Wildman–Crippen LogP) is 3.98. The number of nitrogens with zero attached hydrogens (tertiary/aromatic N) is 4. The Morgan fingerprint density at radius 1 is 1.21 bits per heavy atom. The van der Waals surface area contributed by atoms with Crippen LogP contribution in [0.15, 0.2) is 30.5 Å². The normalized spacial score (nSPS) is 17.6. The molecule has 9 nitrogen and oxygen atoms in total. The van der Waals surface area contributed by atoms with Gasteiger partial charge in [-0.15, -0.1) is 0 Å². The molecule has 0 aliphatic heterocycles. The Morgan fingerprint density at radius 2 is 1.94 bits per heavy atom. The van der Waals surface area contributed by atoms with Gasteiger partial charge in [0.05, 0.1) is 43.4 Å². The van der Waals surface area contributed by atoms with Crippen molar-refractivity contribution in [2.24, 2.45) is 11.8 Å². The molecule has 1 saturated carbocycles. The van der Waals surface area contributed by atoms with E-state index in [1.54, 1.807) is 18.2 Å². The number of nitriles is 1. The summed E-state index contributed by atoms with van der Waals surface area (Å²) in [6, 6.07) is 9.03. The van der Waals surface area contributed by atoms with E-state index in [1.165, 1.54) is 25.3 Å². The van der Waals surface area contributed by atoms with Crippen LogP contribution in [-0.2, 0) is 0 Å². The van der Waals surface area contributed by atoms with Crippen LogP contribution < -0.4 is 25.0 Å². The molecule has 1 aromatic heterocycles. The molecule has 0 bridgehead atoms. The molecule has 0 spiro atoms. The third kappa shape index (κ3) is 5.77. The van der Waals surface area contributed by atoms with Crippen molar-refractivity contribution < 1.29 is 19.4 Å². The number of hydrogen-bond donors (Lipinski definition) is 2. The van der Waals surface area contributed by atoms with Crippen molar-refractivity contribution in [3.63, 3.8) is 0 Å². The molecule has 0 radical (unpaired) electrons. The van der Waals surface area contributed by atoms with Gasteiger partial charge in [0.1, 0.15) is 11.4 Å². The molecule has 1 fully saturated rings. The molecule has 1 aliphatic carbocycles. The molecule has 1 heterocycles. The monoisotopic (exact) mass is 453 g/mol. The zero-order chi connectivity index (χ0) is 24.0. The van der Waals surface area contributed by atoms with Gasteiger partial charge in [-0.05, 0) is 49.3 Å². The molecule has 3 N–H and O–H groups in total. The van der Waals surface area contributed by atoms with Crippen molar-refractivity contribution in [2.75, 3.05) is 49.9 Å². The van der Waals surface area contributed by atoms with Crippen LogP contribution >= 0.6 is 0 Å². The number of nitrogen functional groups attached to an aromatic ring is 1. The van der Waals surface area contributed by atoms with Gasteiger partial charge in [-0.1, -0.05) is 6.42 Å². The van der Waals surface area contributed by atoms with Crippen LogP contribution in [0.25, 0.3) is 0 Å². The van der Waals surface area contributed by atoms with E-state index in [9.17, 15) is 15.2 Å². The molecular formula is C24H31N5O4. The molecule has 1 aliphatic rings. The molecule has 9 heteroatoms. The lowest BCUT2D eigenvalue weighted by Gasteiger charge is -2.35. The number of anilines is 3. The minimum absolute atomic E-state index is 0.211. The number of hydrogen-bond acceptors (Lipinski definition) is 7. The zero-order valence-electron chi connectivity index (χ0n) is 19.3. The highest BCUT2D eigenvalue weighted by Crippen LogP contribution is 2.36. The van der Waals surface area contributed by atoms with E-state index in [0.29, 0.717) is 41.0 Å². The maximum atomic E-state index is 12.1. The number of carboxylic acid groups (broad SMARTS) is 1. The Kier molecular flexibility index (Phi) is 7.83. The molecule has 2 aromatic rings. The first-order valence-corrected chi connectivity index (χ1v) is 11.0. The molecule has 2 unspecified atom stereocenters. The number of aromatic nitrogens is 1. The van der Waals surface area contributed by atoms with Gasteiger partial charge in [0.2, 0.25) is 5.88 Å². The Labute approximate surface area is 194 Å². The first-order valence-electron chi connectivity index (χ1n) is 11.0. The number of rotatable bonds is 8. The minimum Gasteiger partial charge on any atom is -0.494 e. The molecule has 1 aromatic carbocycles. The quantitative estimate of drug-likeness (QED) is 0.575. The topological polar surface area (TPSA) is 125 Å². The second-order valence-corrected chi connectivity index (χ2v) is 8.46. The van der Waals surface area contributed by atoms with Crippen molar-refractivity contribution in [3.05, 3.63) is 36.0 Å². The first kappa shape index (κ1) is 24.0. The van der Waals surface area contributed by atoms with Gasteiger partial charge in [-0.2, -0.15) is 5.26 Å². The fourth-order valence-corrected chi connectivity index (χ4v) is 4.59. The minimum atomic E-state index is -1.04. The number of benzene rings is 1. The van der Waals surface area contributed by atoms with E-state index in [4.69, 9.17) is 15.2 Å². The summed E-state index contributed by atoms with van der Waals surface area (Å²) >= 11 is 0. The average molecular weight is 454 g/mol. The molecule has 33 heavy (non-hydrogen) atoms. The van der Waals surface area contributed by atoms with Gasteiger partial charge >= 0.3 is 6.09 Å². The Bertz CT molecular complexity index is 1020. The number of ether oxygens (including phenoxy) is 2. The van der Waals surface area contributed by atoms with E-state index in [1.807, 2.05) is 13.1 Å². The number of pyridine rings is 1. The Balaban J connectivity index is 1.71.